The molecule has 1 rings (SSSR count). The third-order valence-electron chi connectivity index (χ3n) is 3.56. The molecule has 0 heterocycles. The number of benzene rings is 1. The minimum atomic E-state index is 0.587. The Labute approximate surface area is 155 Å². The second-order valence-corrected chi connectivity index (χ2v) is 5.74. The second kappa shape index (κ2) is 18.0. The van der Waals surface area contributed by atoms with Crippen LogP contribution < -0.4 is 0 Å². The summed E-state index contributed by atoms with van der Waals surface area (Å²) in [4.78, 5) is 0. The Hall–Kier alpha value is -0.810. The minimum Gasteiger partial charge on any atom is -0.380 e. The van der Waals surface area contributed by atoms with E-state index in [0.717, 1.165) is 32.0 Å². The van der Waals surface area contributed by atoms with Crippen LogP contribution in [-0.2, 0) is 25.6 Å². The predicted octanol–water partition coefficient (Wildman–Crippen LogP) is 3.16. The molecule has 0 amide bonds. The van der Waals surface area contributed by atoms with Crippen molar-refractivity contribution in [3.63, 3.8) is 0 Å². The van der Waals surface area contributed by atoms with Crippen LogP contribution in [0.4, 0.5) is 0 Å². The molecule has 0 spiro atoms. The number of rotatable bonds is 18. The Morgan fingerprint density at radius 2 is 1.28 bits per heavy atom. The van der Waals surface area contributed by atoms with Crippen LogP contribution in [0.1, 0.15) is 18.4 Å². The quantitative estimate of drug-likeness (QED) is 0.303. The molecule has 0 aromatic heterocycles. The normalized spacial score (nSPS) is 10.9. The maximum atomic E-state index is 5.54. The summed E-state index contributed by atoms with van der Waals surface area (Å²) in [6.45, 7) is 5.00. The summed E-state index contributed by atoms with van der Waals surface area (Å²) < 4.78 is 22.0. The first-order valence-electron chi connectivity index (χ1n) is 9.30. The van der Waals surface area contributed by atoms with Gasteiger partial charge in [-0.05, 0) is 5.56 Å². The largest absolute Gasteiger partial charge is 0.380 e. The first kappa shape index (κ1) is 22.2. The molecule has 137 valence electrons. The summed E-state index contributed by atoms with van der Waals surface area (Å²) in [5.41, 5.74) is 1.18. The molecule has 0 atom stereocenters. The minimum absolute atomic E-state index is 0.587. The molecule has 4 nitrogen and oxygen atoms in total. The molecule has 0 saturated carbocycles. The molecule has 25 heavy (non-hydrogen) atoms. The summed E-state index contributed by atoms with van der Waals surface area (Å²) in [5, 5.41) is 0. The molecule has 1 aromatic rings. The highest BCUT2D eigenvalue weighted by Crippen LogP contribution is 2.00. The number of ether oxygens (including phenoxy) is 4. The fourth-order valence-corrected chi connectivity index (χ4v) is 2.17. The Morgan fingerprint density at radius 3 is 1.92 bits per heavy atom. The van der Waals surface area contributed by atoms with Crippen LogP contribution in [-0.4, -0.2) is 61.4 Å². The maximum absolute atomic E-state index is 5.54. The third kappa shape index (κ3) is 15.2. The Morgan fingerprint density at radius 1 is 0.680 bits per heavy atom. The van der Waals surface area contributed by atoms with E-state index < -0.39 is 0 Å². The standard InChI is InChI=1S/C19H31B2O4/c20-8-4-5-9-21-10-11-22-12-13-23-14-15-24-16-17-25-18-19-6-2-1-3-7-19/h1-3,6-7H,4-5,8-18H2. The van der Waals surface area contributed by atoms with Crippen molar-refractivity contribution in [1.82, 2.24) is 0 Å². The van der Waals surface area contributed by atoms with Crippen molar-refractivity contribution < 1.29 is 18.9 Å². The highest BCUT2D eigenvalue weighted by Gasteiger charge is 1.95. The lowest BCUT2D eigenvalue weighted by molar-refractivity contribution is -0.00288. The van der Waals surface area contributed by atoms with Crippen molar-refractivity contribution in [2.24, 2.45) is 0 Å². The van der Waals surface area contributed by atoms with Gasteiger partial charge in [-0.25, -0.2) is 0 Å². The van der Waals surface area contributed by atoms with Gasteiger partial charge in [-0.3, -0.25) is 0 Å². The first-order chi connectivity index (χ1) is 12.4. The van der Waals surface area contributed by atoms with Crippen molar-refractivity contribution in [2.75, 3.05) is 46.2 Å². The zero-order chi connectivity index (χ0) is 17.8. The molecule has 1 aromatic carbocycles. The van der Waals surface area contributed by atoms with Gasteiger partial charge >= 0.3 is 0 Å². The van der Waals surface area contributed by atoms with E-state index in [1.165, 1.54) is 12.0 Å². The Bertz CT molecular complexity index is 379. The van der Waals surface area contributed by atoms with Crippen LogP contribution in [0, 0.1) is 0 Å². The van der Waals surface area contributed by atoms with Gasteiger partial charge in [0.1, 0.15) is 7.28 Å². The Kier molecular flexibility index (Phi) is 16.0. The number of hydrogen-bond acceptors (Lipinski definition) is 4. The summed E-state index contributed by atoms with van der Waals surface area (Å²) in [5.74, 6) is 0. The van der Waals surface area contributed by atoms with Gasteiger partial charge in [0, 0.05) is 6.61 Å². The van der Waals surface area contributed by atoms with Gasteiger partial charge in [-0.1, -0.05) is 62.1 Å². The zero-order valence-corrected chi connectivity index (χ0v) is 15.4. The summed E-state index contributed by atoms with van der Waals surface area (Å²) in [7, 11) is 7.71. The molecule has 0 aliphatic rings. The van der Waals surface area contributed by atoms with Crippen molar-refractivity contribution in [2.45, 2.75) is 38.4 Å². The zero-order valence-electron chi connectivity index (χ0n) is 15.4. The van der Waals surface area contributed by atoms with Gasteiger partial charge in [0.15, 0.2) is 0 Å². The van der Waals surface area contributed by atoms with E-state index in [9.17, 15) is 0 Å². The van der Waals surface area contributed by atoms with Crippen molar-refractivity contribution in [3.05, 3.63) is 35.9 Å². The molecule has 3 radical (unpaired) electrons. The lowest BCUT2D eigenvalue weighted by Crippen LogP contribution is -2.12. The molecule has 0 saturated heterocycles. The molecule has 0 N–H and O–H groups in total. The molecular weight excluding hydrogens is 314 g/mol. The van der Waals surface area contributed by atoms with Gasteiger partial charge in [-0.15, -0.1) is 0 Å². The van der Waals surface area contributed by atoms with E-state index in [0.29, 0.717) is 46.2 Å². The summed E-state index contributed by atoms with van der Waals surface area (Å²) >= 11 is 0. The van der Waals surface area contributed by atoms with E-state index in [-0.39, 0.29) is 0 Å². The van der Waals surface area contributed by atoms with Gasteiger partial charge in [0.2, 0.25) is 0 Å². The molecule has 0 unspecified atom stereocenters. The average molecular weight is 345 g/mol. The Balaban J connectivity index is 1.69. The smallest absolute Gasteiger partial charge is 0.112 e. The molecule has 0 bridgehead atoms. The topological polar surface area (TPSA) is 36.9 Å². The van der Waals surface area contributed by atoms with Gasteiger partial charge in [0.25, 0.3) is 0 Å². The van der Waals surface area contributed by atoms with Crippen molar-refractivity contribution >= 4 is 15.1 Å². The highest BCUT2D eigenvalue weighted by atomic mass is 16.6. The van der Waals surface area contributed by atoms with Crippen LogP contribution in [0.15, 0.2) is 30.3 Å². The predicted molar refractivity (Wildman–Crippen MR) is 104 cm³/mol. The first-order valence-corrected chi connectivity index (χ1v) is 9.30. The SMILES string of the molecule is [B]CCCC[B]CCOCCOCCOCCOCc1ccccc1. The van der Waals surface area contributed by atoms with Crippen LogP contribution in [0.25, 0.3) is 0 Å². The number of unbranched alkanes of at least 4 members (excludes halogenated alkanes) is 1. The molecule has 6 heteroatoms. The summed E-state index contributed by atoms with van der Waals surface area (Å²) in [6, 6.07) is 10.1. The number of hydrogen-bond donors (Lipinski definition) is 0. The van der Waals surface area contributed by atoms with E-state index in [1.807, 2.05) is 18.2 Å². The lowest BCUT2D eigenvalue weighted by Gasteiger charge is -2.07. The lowest BCUT2D eigenvalue weighted by atomic mass is 9.69. The monoisotopic (exact) mass is 345 g/mol. The van der Waals surface area contributed by atoms with Crippen molar-refractivity contribution in [1.29, 1.82) is 0 Å². The van der Waals surface area contributed by atoms with E-state index in [2.05, 4.69) is 19.4 Å². The molecule has 0 aliphatic carbocycles. The van der Waals surface area contributed by atoms with Crippen LogP contribution >= 0.6 is 0 Å². The van der Waals surface area contributed by atoms with Crippen molar-refractivity contribution in [3.8, 4) is 0 Å². The van der Waals surface area contributed by atoms with E-state index >= 15 is 0 Å². The van der Waals surface area contributed by atoms with Gasteiger partial charge in [-0.2, -0.15) is 0 Å². The van der Waals surface area contributed by atoms with Crippen LogP contribution in [0.3, 0.4) is 0 Å². The van der Waals surface area contributed by atoms with Gasteiger partial charge < -0.3 is 18.9 Å². The second-order valence-electron chi connectivity index (χ2n) is 5.74. The van der Waals surface area contributed by atoms with E-state index in [4.69, 9.17) is 26.8 Å². The average Bonchev–Trinajstić information content (AvgIpc) is 2.65. The fraction of sp³-hybridized carbons (Fsp3) is 0.684. The summed E-state index contributed by atoms with van der Waals surface area (Å²) in [6.07, 6.45) is 5.19. The van der Waals surface area contributed by atoms with Gasteiger partial charge in [0.05, 0.1) is 54.1 Å². The maximum Gasteiger partial charge on any atom is 0.112 e. The molecule has 0 fully saturated rings. The molecule has 0 aliphatic heterocycles. The van der Waals surface area contributed by atoms with Crippen LogP contribution in [0.2, 0.25) is 19.0 Å². The molecular formula is C19H31B2O4. The van der Waals surface area contributed by atoms with Crippen LogP contribution in [0.5, 0.6) is 0 Å². The fourth-order valence-electron chi connectivity index (χ4n) is 2.17. The third-order valence-corrected chi connectivity index (χ3v) is 3.56. The highest BCUT2D eigenvalue weighted by molar-refractivity contribution is 6.35. The van der Waals surface area contributed by atoms with E-state index in [1.54, 1.807) is 0 Å².